The zero-order valence-corrected chi connectivity index (χ0v) is 12.3. The van der Waals surface area contributed by atoms with Crippen LogP contribution in [-0.2, 0) is 0 Å². The zero-order chi connectivity index (χ0) is 14.0. The van der Waals surface area contributed by atoms with E-state index in [1.54, 1.807) is 0 Å². The second-order valence-electron chi connectivity index (χ2n) is 5.42. The summed E-state index contributed by atoms with van der Waals surface area (Å²) in [6.45, 7) is 8.85. The first-order valence-electron chi connectivity index (χ1n) is 7.79. The van der Waals surface area contributed by atoms with Crippen LogP contribution in [0.3, 0.4) is 0 Å². The van der Waals surface area contributed by atoms with Crippen molar-refractivity contribution in [2.45, 2.75) is 44.9 Å². The first-order valence-corrected chi connectivity index (χ1v) is 7.79. The molecule has 0 amide bonds. The fraction of sp³-hybridized carbons (Fsp3) is 0.588. The quantitative estimate of drug-likeness (QED) is 0.676. The van der Waals surface area contributed by atoms with Gasteiger partial charge in [0, 0.05) is 31.1 Å². The Kier molecular flexibility index (Phi) is 6.72. The Morgan fingerprint density at radius 3 is 2.60 bits per heavy atom. The van der Waals surface area contributed by atoms with Gasteiger partial charge in [0.1, 0.15) is 0 Å². The van der Waals surface area contributed by atoms with Crippen LogP contribution in [0.5, 0.6) is 0 Å². The van der Waals surface area contributed by atoms with E-state index in [2.05, 4.69) is 20.9 Å². The molecule has 1 aromatic rings. The Labute approximate surface area is 123 Å². The van der Waals surface area contributed by atoms with Crippen molar-refractivity contribution in [1.82, 2.24) is 14.9 Å². The van der Waals surface area contributed by atoms with Crippen LogP contribution in [0.25, 0.3) is 5.57 Å². The number of nitrogens with zero attached hydrogens (tertiary/aromatic N) is 3. The van der Waals surface area contributed by atoms with E-state index >= 15 is 0 Å². The molecular formula is C17H25N3. The summed E-state index contributed by atoms with van der Waals surface area (Å²) in [6, 6.07) is 1.87. The van der Waals surface area contributed by atoms with Crippen LogP contribution in [0.15, 0.2) is 24.5 Å². The van der Waals surface area contributed by atoms with Gasteiger partial charge in [0.15, 0.2) is 5.82 Å². The smallest absolute Gasteiger partial charge is 0.155 e. The number of rotatable bonds is 8. The second-order valence-corrected chi connectivity index (χ2v) is 5.42. The van der Waals surface area contributed by atoms with Gasteiger partial charge in [-0.25, -0.2) is 9.97 Å². The van der Waals surface area contributed by atoms with Crippen LogP contribution >= 0.6 is 0 Å². The molecule has 1 aliphatic heterocycles. The molecule has 0 saturated carbocycles. The van der Waals surface area contributed by atoms with Gasteiger partial charge in [-0.15, -0.1) is 0 Å². The Morgan fingerprint density at radius 1 is 1.05 bits per heavy atom. The molecule has 2 rings (SSSR count). The lowest BCUT2D eigenvalue weighted by Gasteiger charge is -2.26. The molecule has 3 nitrogen and oxygen atoms in total. The average molecular weight is 271 g/mol. The maximum absolute atomic E-state index is 5.50. The Hall–Kier alpha value is -1.22. The number of aromatic nitrogens is 2. The lowest BCUT2D eigenvalue weighted by molar-refractivity contribution is 0.295. The highest BCUT2D eigenvalue weighted by Gasteiger charge is 2.14. The normalized spacial score (nSPS) is 16.1. The van der Waals surface area contributed by atoms with Gasteiger partial charge in [0.25, 0.3) is 0 Å². The van der Waals surface area contributed by atoms with Crippen LogP contribution in [0, 0.1) is 6.92 Å². The lowest BCUT2D eigenvalue weighted by atomic mass is 10.1. The molecule has 0 aromatic carbocycles. The molecule has 1 aromatic heterocycles. The van der Waals surface area contributed by atoms with E-state index in [0.717, 1.165) is 25.2 Å². The third kappa shape index (κ3) is 5.04. The zero-order valence-electron chi connectivity index (χ0n) is 12.3. The summed E-state index contributed by atoms with van der Waals surface area (Å²) in [7, 11) is 0. The van der Waals surface area contributed by atoms with Crippen LogP contribution in [-0.4, -0.2) is 34.5 Å². The van der Waals surface area contributed by atoms with E-state index in [1.807, 2.05) is 18.5 Å². The molecule has 0 saturated heterocycles. The van der Waals surface area contributed by atoms with E-state index in [4.69, 9.17) is 6.92 Å². The molecule has 1 aliphatic rings. The van der Waals surface area contributed by atoms with E-state index in [0.29, 0.717) is 0 Å². The van der Waals surface area contributed by atoms with Crippen molar-refractivity contribution in [2.24, 2.45) is 0 Å². The lowest BCUT2D eigenvalue weighted by Crippen LogP contribution is -2.30. The fourth-order valence-electron chi connectivity index (χ4n) is 2.63. The minimum absolute atomic E-state index is 0.831. The molecular weight excluding hydrogens is 246 g/mol. The first kappa shape index (κ1) is 15.2. The van der Waals surface area contributed by atoms with E-state index < -0.39 is 0 Å². The molecule has 0 atom stereocenters. The van der Waals surface area contributed by atoms with Gasteiger partial charge in [0.2, 0.25) is 0 Å². The monoisotopic (exact) mass is 271 g/mol. The third-order valence-electron chi connectivity index (χ3n) is 3.76. The van der Waals surface area contributed by atoms with Crippen molar-refractivity contribution in [2.75, 3.05) is 19.6 Å². The summed E-state index contributed by atoms with van der Waals surface area (Å²) in [5, 5.41) is 0. The molecule has 20 heavy (non-hydrogen) atoms. The van der Waals surface area contributed by atoms with Crippen molar-refractivity contribution in [3.05, 3.63) is 37.3 Å². The predicted octanol–water partition coefficient (Wildman–Crippen LogP) is 3.62. The number of hydrogen-bond donors (Lipinski definition) is 0. The van der Waals surface area contributed by atoms with Gasteiger partial charge in [0.05, 0.1) is 0 Å². The second kappa shape index (κ2) is 8.85. The third-order valence-corrected chi connectivity index (χ3v) is 3.76. The van der Waals surface area contributed by atoms with Crippen LogP contribution in [0.2, 0.25) is 0 Å². The average Bonchev–Trinajstić information content (AvgIpc) is 2.52. The van der Waals surface area contributed by atoms with Crippen molar-refractivity contribution in [3.63, 3.8) is 0 Å². The van der Waals surface area contributed by atoms with Crippen molar-refractivity contribution >= 4 is 5.57 Å². The summed E-state index contributed by atoms with van der Waals surface area (Å²) in [5.74, 6) is 0.889. The van der Waals surface area contributed by atoms with E-state index in [-0.39, 0.29) is 0 Å². The topological polar surface area (TPSA) is 29.0 Å². The van der Waals surface area contributed by atoms with Crippen LogP contribution in [0.4, 0.5) is 0 Å². The SMILES string of the molecule is [CH]CCCCCCCN1CCC=C(c2ncccn2)C1. The highest BCUT2D eigenvalue weighted by Crippen LogP contribution is 2.17. The summed E-state index contributed by atoms with van der Waals surface area (Å²) < 4.78 is 0. The van der Waals surface area contributed by atoms with Crippen LogP contribution in [0.1, 0.15) is 50.8 Å². The molecule has 2 radical (unpaired) electrons. The fourth-order valence-corrected chi connectivity index (χ4v) is 2.63. The number of hydrogen-bond acceptors (Lipinski definition) is 3. The molecule has 0 N–H and O–H groups in total. The summed E-state index contributed by atoms with van der Waals surface area (Å²) in [5.41, 5.74) is 1.28. The van der Waals surface area contributed by atoms with Gasteiger partial charge in [-0.2, -0.15) is 0 Å². The van der Waals surface area contributed by atoms with Gasteiger partial charge < -0.3 is 0 Å². The molecule has 3 heteroatoms. The van der Waals surface area contributed by atoms with Gasteiger partial charge in [-0.3, -0.25) is 4.90 Å². The summed E-state index contributed by atoms with van der Waals surface area (Å²) in [4.78, 5) is 11.2. The van der Waals surface area contributed by atoms with Gasteiger partial charge in [-0.05, 0) is 38.8 Å². The highest BCUT2D eigenvalue weighted by atomic mass is 15.1. The predicted molar refractivity (Wildman–Crippen MR) is 83.1 cm³/mol. The minimum atomic E-state index is 0.831. The largest absolute Gasteiger partial charge is 0.299 e. The molecule has 0 fully saturated rings. The van der Waals surface area contributed by atoms with Gasteiger partial charge >= 0.3 is 0 Å². The minimum Gasteiger partial charge on any atom is -0.299 e. The Bertz CT molecular complexity index is 400. The van der Waals surface area contributed by atoms with E-state index in [9.17, 15) is 0 Å². The van der Waals surface area contributed by atoms with Crippen molar-refractivity contribution in [1.29, 1.82) is 0 Å². The summed E-state index contributed by atoms with van der Waals surface area (Å²) >= 11 is 0. The molecule has 2 heterocycles. The molecule has 0 spiro atoms. The standard InChI is InChI=1S/C17H25N3/c1-2-3-4-5-6-7-13-20-14-8-10-16(15-20)17-18-11-9-12-19-17/h1,9-12H,2-8,13-15H2. The maximum Gasteiger partial charge on any atom is 0.155 e. The molecule has 0 aliphatic carbocycles. The Morgan fingerprint density at radius 2 is 1.80 bits per heavy atom. The summed E-state index contributed by atoms with van der Waals surface area (Å²) in [6.07, 6.45) is 14.2. The Balaban J connectivity index is 1.69. The van der Waals surface area contributed by atoms with Crippen molar-refractivity contribution < 1.29 is 0 Å². The van der Waals surface area contributed by atoms with Crippen molar-refractivity contribution in [3.8, 4) is 0 Å². The highest BCUT2D eigenvalue weighted by molar-refractivity contribution is 5.61. The van der Waals surface area contributed by atoms with Crippen LogP contribution < -0.4 is 0 Å². The first-order chi connectivity index (χ1) is 9.90. The van der Waals surface area contributed by atoms with E-state index in [1.165, 1.54) is 50.8 Å². The number of unbranched alkanes of at least 4 members (excludes halogenated alkanes) is 5. The maximum atomic E-state index is 5.50. The van der Waals surface area contributed by atoms with Gasteiger partial charge in [-0.1, -0.05) is 31.8 Å². The molecule has 0 unspecified atom stereocenters. The molecule has 108 valence electrons. The molecule has 0 bridgehead atoms.